The zero-order valence-electron chi connectivity index (χ0n) is 14.7. The number of methoxy groups -OCH3 is 1. The van der Waals surface area contributed by atoms with Crippen molar-refractivity contribution < 1.29 is 13.9 Å². The number of benzene rings is 2. The summed E-state index contributed by atoms with van der Waals surface area (Å²) in [5, 5.41) is 2.86. The van der Waals surface area contributed by atoms with Gasteiger partial charge in [-0.3, -0.25) is 4.79 Å². The highest BCUT2D eigenvalue weighted by Gasteiger charge is 2.15. The van der Waals surface area contributed by atoms with Gasteiger partial charge in [0.05, 0.1) is 13.2 Å². The Morgan fingerprint density at radius 3 is 2.68 bits per heavy atom. The average Bonchev–Trinajstić information content (AvgIpc) is 2.60. The summed E-state index contributed by atoms with van der Waals surface area (Å²) in [7, 11) is 5.39. The molecule has 0 radical (unpaired) electrons. The number of likely N-dealkylation sites (N-methyl/N-ethyl adjacent to an activating group) is 1. The van der Waals surface area contributed by atoms with Gasteiger partial charge in [-0.2, -0.15) is 0 Å². The van der Waals surface area contributed by atoms with Gasteiger partial charge in [-0.05, 0) is 55.6 Å². The van der Waals surface area contributed by atoms with E-state index < -0.39 is 0 Å². The summed E-state index contributed by atoms with van der Waals surface area (Å²) in [5.74, 6) is 0.251. The number of amides is 1. The van der Waals surface area contributed by atoms with Gasteiger partial charge in [0.15, 0.2) is 0 Å². The summed E-state index contributed by atoms with van der Waals surface area (Å²) in [6.45, 7) is 0.387. The summed E-state index contributed by atoms with van der Waals surface area (Å²) in [4.78, 5) is 14.0. The molecule has 2 aromatic rings. The summed E-state index contributed by atoms with van der Waals surface area (Å²) in [5.41, 5.74) is 1.70. The van der Waals surface area contributed by atoms with Crippen LogP contribution in [-0.4, -0.2) is 38.6 Å². The molecule has 0 aromatic heterocycles. The summed E-state index contributed by atoms with van der Waals surface area (Å²) < 4.78 is 18.6. The first kappa shape index (κ1) is 18.7. The van der Waals surface area contributed by atoms with Crippen LogP contribution in [0.5, 0.6) is 5.75 Å². The van der Waals surface area contributed by atoms with E-state index in [0.717, 1.165) is 16.9 Å². The maximum absolute atomic E-state index is 13.4. The molecule has 0 aliphatic heterocycles. The SMILES string of the molecule is COc1cccc(/C=C/C(=O)NCC(c2cccc(F)c2)N(C)C)c1. The van der Waals surface area contributed by atoms with Crippen LogP contribution in [-0.2, 0) is 4.79 Å². The van der Waals surface area contributed by atoms with Crippen LogP contribution in [0, 0.1) is 5.82 Å². The Morgan fingerprint density at radius 1 is 1.24 bits per heavy atom. The Balaban J connectivity index is 1.98. The highest BCUT2D eigenvalue weighted by molar-refractivity contribution is 5.91. The molecule has 1 unspecified atom stereocenters. The van der Waals surface area contributed by atoms with Crippen LogP contribution in [0.1, 0.15) is 17.2 Å². The van der Waals surface area contributed by atoms with Gasteiger partial charge in [0, 0.05) is 12.6 Å². The molecule has 0 heterocycles. The summed E-state index contributed by atoms with van der Waals surface area (Å²) in [6, 6.07) is 13.8. The van der Waals surface area contributed by atoms with Crippen LogP contribution in [0.4, 0.5) is 4.39 Å². The van der Waals surface area contributed by atoms with E-state index in [2.05, 4.69) is 5.32 Å². The quantitative estimate of drug-likeness (QED) is 0.785. The van der Waals surface area contributed by atoms with Crippen molar-refractivity contribution in [1.29, 1.82) is 0 Å². The molecule has 0 aliphatic carbocycles. The molecule has 1 amide bonds. The summed E-state index contributed by atoms with van der Waals surface area (Å²) >= 11 is 0. The standard InChI is InChI=1S/C20H23FN2O2/c1-23(2)19(16-7-5-8-17(21)13-16)14-22-20(24)11-10-15-6-4-9-18(12-15)25-3/h4-13,19H,14H2,1-3H3,(H,22,24)/b11-10+. The first-order valence-electron chi connectivity index (χ1n) is 8.01. The van der Waals surface area contributed by atoms with Crippen LogP contribution in [0.25, 0.3) is 6.08 Å². The zero-order valence-corrected chi connectivity index (χ0v) is 14.7. The van der Waals surface area contributed by atoms with Gasteiger partial charge >= 0.3 is 0 Å². The number of halogens is 1. The van der Waals surface area contributed by atoms with E-state index >= 15 is 0 Å². The minimum Gasteiger partial charge on any atom is -0.497 e. The molecule has 0 fully saturated rings. The van der Waals surface area contributed by atoms with E-state index in [1.54, 1.807) is 19.3 Å². The number of ether oxygens (including phenoxy) is 1. The molecular formula is C20H23FN2O2. The van der Waals surface area contributed by atoms with Crippen molar-refractivity contribution in [1.82, 2.24) is 10.2 Å². The first-order chi connectivity index (χ1) is 12.0. The molecule has 0 saturated heterocycles. The van der Waals surface area contributed by atoms with Crippen molar-refractivity contribution >= 4 is 12.0 Å². The molecule has 132 valence electrons. The van der Waals surface area contributed by atoms with Crippen molar-refractivity contribution in [3.63, 3.8) is 0 Å². The Morgan fingerprint density at radius 2 is 2.00 bits per heavy atom. The van der Waals surface area contributed by atoms with Crippen molar-refractivity contribution in [2.24, 2.45) is 0 Å². The minimum absolute atomic E-state index is 0.107. The van der Waals surface area contributed by atoms with Gasteiger partial charge in [0.25, 0.3) is 0 Å². The van der Waals surface area contributed by atoms with Gasteiger partial charge < -0.3 is 15.0 Å². The fourth-order valence-electron chi connectivity index (χ4n) is 2.49. The van der Waals surface area contributed by atoms with Crippen LogP contribution in [0.3, 0.4) is 0 Å². The molecule has 0 bridgehead atoms. The van der Waals surface area contributed by atoms with Crippen molar-refractivity contribution in [2.45, 2.75) is 6.04 Å². The Hall–Kier alpha value is -2.66. The molecule has 1 atom stereocenters. The molecule has 1 N–H and O–H groups in total. The van der Waals surface area contributed by atoms with Gasteiger partial charge in [0.2, 0.25) is 5.91 Å². The van der Waals surface area contributed by atoms with Gasteiger partial charge in [-0.1, -0.05) is 24.3 Å². The minimum atomic E-state index is -0.284. The number of nitrogens with zero attached hydrogens (tertiary/aromatic N) is 1. The van der Waals surface area contributed by atoms with E-state index in [1.165, 1.54) is 18.2 Å². The maximum atomic E-state index is 13.4. The predicted octanol–water partition coefficient (Wildman–Crippen LogP) is 3.27. The number of rotatable bonds is 7. The lowest BCUT2D eigenvalue weighted by Crippen LogP contribution is -2.33. The van der Waals surface area contributed by atoms with Crippen molar-refractivity contribution in [2.75, 3.05) is 27.7 Å². The number of carbonyl (C=O) groups excluding carboxylic acids is 1. The number of nitrogens with one attached hydrogen (secondary N) is 1. The molecule has 0 aliphatic rings. The lowest BCUT2D eigenvalue weighted by atomic mass is 10.1. The number of carbonyl (C=O) groups is 1. The third-order valence-electron chi connectivity index (χ3n) is 3.85. The second-order valence-corrected chi connectivity index (χ2v) is 5.89. The fraction of sp³-hybridized carbons (Fsp3) is 0.250. The van der Waals surface area contributed by atoms with E-state index in [4.69, 9.17) is 4.74 Å². The normalized spacial score (nSPS) is 12.4. The molecule has 4 nitrogen and oxygen atoms in total. The van der Waals surface area contributed by atoms with Gasteiger partial charge in [-0.15, -0.1) is 0 Å². The molecule has 0 saturated carbocycles. The first-order valence-corrected chi connectivity index (χ1v) is 8.01. The summed E-state index contributed by atoms with van der Waals surface area (Å²) in [6.07, 6.45) is 3.21. The fourth-order valence-corrected chi connectivity index (χ4v) is 2.49. The molecule has 0 spiro atoms. The lowest BCUT2D eigenvalue weighted by molar-refractivity contribution is -0.116. The largest absolute Gasteiger partial charge is 0.497 e. The topological polar surface area (TPSA) is 41.6 Å². The van der Waals surface area contributed by atoms with Crippen LogP contribution in [0.2, 0.25) is 0 Å². The predicted molar refractivity (Wildman–Crippen MR) is 97.9 cm³/mol. The number of hydrogen-bond donors (Lipinski definition) is 1. The Labute approximate surface area is 147 Å². The lowest BCUT2D eigenvalue weighted by Gasteiger charge is -2.24. The van der Waals surface area contributed by atoms with Crippen LogP contribution < -0.4 is 10.1 Å². The van der Waals surface area contributed by atoms with Gasteiger partial charge in [-0.25, -0.2) is 4.39 Å². The van der Waals surface area contributed by atoms with Crippen LogP contribution in [0.15, 0.2) is 54.6 Å². The third-order valence-corrected chi connectivity index (χ3v) is 3.85. The molecule has 2 aromatic carbocycles. The Bertz CT molecular complexity index is 744. The van der Waals surface area contributed by atoms with E-state index in [-0.39, 0.29) is 17.8 Å². The van der Waals surface area contributed by atoms with E-state index in [0.29, 0.717) is 6.54 Å². The molecule has 25 heavy (non-hydrogen) atoms. The highest BCUT2D eigenvalue weighted by atomic mass is 19.1. The molecule has 5 heteroatoms. The second kappa shape index (κ2) is 8.99. The average molecular weight is 342 g/mol. The smallest absolute Gasteiger partial charge is 0.244 e. The highest BCUT2D eigenvalue weighted by Crippen LogP contribution is 2.18. The number of hydrogen-bond acceptors (Lipinski definition) is 3. The zero-order chi connectivity index (χ0) is 18.2. The van der Waals surface area contributed by atoms with Crippen molar-refractivity contribution in [3.8, 4) is 5.75 Å². The van der Waals surface area contributed by atoms with Gasteiger partial charge in [0.1, 0.15) is 11.6 Å². The van der Waals surface area contributed by atoms with E-state index in [9.17, 15) is 9.18 Å². The third kappa shape index (κ3) is 5.72. The molecule has 2 rings (SSSR count). The van der Waals surface area contributed by atoms with Crippen LogP contribution >= 0.6 is 0 Å². The Kier molecular flexibility index (Phi) is 6.71. The maximum Gasteiger partial charge on any atom is 0.244 e. The second-order valence-electron chi connectivity index (χ2n) is 5.89. The van der Waals surface area contributed by atoms with E-state index in [1.807, 2.05) is 49.3 Å². The monoisotopic (exact) mass is 342 g/mol. The molecular weight excluding hydrogens is 319 g/mol. The van der Waals surface area contributed by atoms with Crippen molar-refractivity contribution in [3.05, 3.63) is 71.6 Å².